The molecule has 2 atom stereocenters. The van der Waals surface area contributed by atoms with Crippen molar-refractivity contribution in [3.8, 4) is 0 Å². The Balaban J connectivity index is 2.05. The Labute approximate surface area is 102 Å². The highest BCUT2D eigenvalue weighted by Gasteiger charge is 2.36. The first kappa shape index (κ1) is 12.4. The van der Waals surface area contributed by atoms with Gasteiger partial charge in [0, 0.05) is 39.1 Å². The highest BCUT2D eigenvalue weighted by molar-refractivity contribution is 5.87. The average molecular weight is 239 g/mol. The van der Waals surface area contributed by atoms with E-state index in [-0.39, 0.29) is 23.9 Å². The largest absolute Gasteiger partial charge is 0.336 e. The molecule has 0 saturated carbocycles. The Bertz CT molecular complexity index is 319. The molecule has 0 bridgehead atoms. The maximum Gasteiger partial charge on any atom is 0.245 e. The minimum Gasteiger partial charge on any atom is -0.336 e. The Morgan fingerprint density at radius 1 is 1.24 bits per heavy atom. The lowest BCUT2D eigenvalue weighted by molar-refractivity contribution is -0.144. The maximum atomic E-state index is 12.4. The predicted molar refractivity (Wildman–Crippen MR) is 64.5 cm³/mol. The summed E-state index contributed by atoms with van der Waals surface area (Å²) in [6.45, 7) is 6.78. The van der Waals surface area contributed by atoms with E-state index >= 15 is 0 Å². The van der Waals surface area contributed by atoms with Crippen LogP contribution in [0.2, 0.25) is 0 Å². The number of rotatable bonds is 1. The Hall–Kier alpha value is -1.10. The summed E-state index contributed by atoms with van der Waals surface area (Å²) in [4.78, 5) is 27.5. The van der Waals surface area contributed by atoms with E-state index in [1.54, 1.807) is 11.8 Å². The van der Waals surface area contributed by atoms with Gasteiger partial charge in [-0.15, -0.1) is 0 Å². The van der Waals surface area contributed by atoms with Gasteiger partial charge < -0.3 is 15.1 Å². The van der Waals surface area contributed by atoms with Crippen molar-refractivity contribution in [2.45, 2.75) is 38.8 Å². The number of piperazine rings is 1. The second-order valence-corrected chi connectivity index (χ2v) is 4.96. The zero-order chi connectivity index (χ0) is 12.4. The summed E-state index contributed by atoms with van der Waals surface area (Å²) in [5, 5.41) is 3.27. The van der Waals surface area contributed by atoms with Crippen molar-refractivity contribution in [2.24, 2.45) is 0 Å². The lowest BCUT2D eigenvalue weighted by Gasteiger charge is -2.37. The van der Waals surface area contributed by atoms with E-state index in [1.807, 2.05) is 4.90 Å². The standard InChI is InChI=1S/C12H21N3O2/c1-9-8-13-5-7-14(9)12(17)11-4-3-6-15(11)10(2)16/h9,11,13H,3-8H2,1-2H3. The fraction of sp³-hybridized carbons (Fsp3) is 0.833. The van der Waals surface area contributed by atoms with Crippen LogP contribution in [0.5, 0.6) is 0 Å². The van der Waals surface area contributed by atoms with Crippen LogP contribution in [-0.2, 0) is 9.59 Å². The van der Waals surface area contributed by atoms with Crippen LogP contribution in [0.3, 0.4) is 0 Å². The zero-order valence-electron chi connectivity index (χ0n) is 10.6. The van der Waals surface area contributed by atoms with E-state index < -0.39 is 0 Å². The molecule has 2 aliphatic rings. The molecule has 96 valence electrons. The van der Waals surface area contributed by atoms with Crippen molar-refractivity contribution in [3.05, 3.63) is 0 Å². The van der Waals surface area contributed by atoms with Gasteiger partial charge in [0.25, 0.3) is 0 Å². The third-order valence-electron chi connectivity index (χ3n) is 3.73. The minimum absolute atomic E-state index is 0.0173. The van der Waals surface area contributed by atoms with E-state index in [4.69, 9.17) is 0 Å². The zero-order valence-corrected chi connectivity index (χ0v) is 10.6. The van der Waals surface area contributed by atoms with Gasteiger partial charge in [0.1, 0.15) is 6.04 Å². The summed E-state index contributed by atoms with van der Waals surface area (Å²) in [5.74, 6) is 0.148. The number of carbonyl (C=O) groups excluding carboxylic acids is 2. The Morgan fingerprint density at radius 2 is 2.00 bits per heavy atom. The van der Waals surface area contributed by atoms with Gasteiger partial charge in [0.15, 0.2) is 0 Å². The number of hydrogen-bond acceptors (Lipinski definition) is 3. The van der Waals surface area contributed by atoms with E-state index in [0.29, 0.717) is 0 Å². The molecule has 0 spiro atoms. The summed E-state index contributed by atoms with van der Waals surface area (Å²) < 4.78 is 0. The normalized spacial score (nSPS) is 29.5. The fourth-order valence-electron chi connectivity index (χ4n) is 2.76. The van der Waals surface area contributed by atoms with Gasteiger partial charge in [-0.25, -0.2) is 0 Å². The third kappa shape index (κ3) is 2.44. The maximum absolute atomic E-state index is 12.4. The summed E-state index contributed by atoms with van der Waals surface area (Å²) in [5.41, 5.74) is 0. The molecular weight excluding hydrogens is 218 g/mol. The Kier molecular flexibility index (Phi) is 3.66. The smallest absolute Gasteiger partial charge is 0.245 e. The van der Waals surface area contributed by atoms with Crippen LogP contribution in [-0.4, -0.2) is 59.9 Å². The first-order valence-electron chi connectivity index (χ1n) is 6.39. The van der Waals surface area contributed by atoms with Gasteiger partial charge >= 0.3 is 0 Å². The molecule has 2 fully saturated rings. The quantitative estimate of drug-likeness (QED) is 0.690. The number of nitrogens with one attached hydrogen (secondary N) is 1. The summed E-state index contributed by atoms with van der Waals surface area (Å²) in [6, 6.07) is 0.0127. The monoisotopic (exact) mass is 239 g/mol. The van der Waals surface area contributed by atoms with Gasteiger partial charge in [-0.3, -0.25) is 9.59 Å². The Morgan fingerprint density at radius 3 is 2.65 bits per heavy atom. The summed E-state index contributed by atoms with van der Waals surface area (Å²) in [7, 11) is 0. The van der Waals surface area contributed by atoms with Gasteiger partial charge in [-0.05, 0) is 19.8 Å². The molecule has 2 heterocycles. The molecule has 0 aliphatic carbocycles. The molecule has 17 heavy (non-hydrogen) atoms. The molecule has 2 rings (SSSR count). The van der Waals surface area contributed by atoms with Crippen LogP contribution >= 0.6 is 0 Å². The molecule has 2 aliphatic heterocycles. The molecule has 5 heteroatoms. The summed E-state index contributed by atoms with van der Waals surface area (Å²) in [6.07, 6.45) is 1.76. The minimum atomic E-state index is -0.215. The molecule has 5 nitrogen and oxygen atoms in total. The van der Waals surface area contributed by atoms with Crippen LogP contribution < -0.4 is 5.32 Å². The number of hydrogen-bond donors (Lipinski definition) is 1. The molecule has 0 aromatic heterocycles. The topological polar surface area (TPSA) is 52.7 Å². The van der Waals surface area contributed by atoms with E-state index in [0.717, 1.165) is 39.0 Å². The van der Waals surface area contributed by atoms with Gasteiger partial charge in [-0.2, -0.15) is 0 Å². The number of carbonyl (C=O) groups is 2. The van der Waals surface area contributed by atoms with Crippen LogP contribution in [0.1, 0.15) is 26.7 Å². The predicted octanol–water partition coefficient (Wildman–Crippen LogP) is -0.182. The van der Waals surface area contributed by atoms with Crippen LogP contribution in [0.15, 0.2) is 0 Å². The van der Waals surface area contributed by atoms with Crippen molar-refractivity contribution in [1.82, 2.24) is 15.1 Å². The molecular formula is C12H21N3O2. The average Bonchev–Trinajstić information content (AvgIpc) is 2.77. The fourth-order valence-corrected chi connectivity index (χ4v) is 2.76. The highest BCUT2D eigenvalue weighted by Crippen LogP contribution is 2.20. The molecule has 2 unspecified atom stereocenters. The van der Waals surface area contributed by atoms with Crippen molar-refractivity contribution in [2.75, 3.05) is 26.2 Å². The highest BCUT2D eigenvalue weighted by atomic mass is 16.2. The molecule has 0 aromatic carbocycles. The SMILES string of the molecule is CC(=O)N1CCCC1C(=O)N1CCNCC1C. The van der Waals surface area contributed by atoms with Crippen LogP contribution in [0.4, 0.5) is 0 Å². The molecule has 0 radical (unpaired) electrons. The van der Waals surface area contributed by atoms with Crippen molar-refractivity contribution in [3.63, 3.8) is 0 Å². The lowest BCUT2D eigenvalue weighted by atomic mass is 10.1. The van der Waals surface area contributed by atoms with Crippen LogP contribution in [0.25, 0.3) is 0 Å². The van der Waals surface area contributed by atoms with Crippen molar-refractivity contribution < 1.29 is 9.59 Å². The first-order valence-corrected chi connectivity index (χ1v) is 6.39. The van der Waals surface area contributed by atoms with Crippen molar-refractivity contribution >= 4 is 11.8 Å². The lowest BCUT2D eigenvalue weighted by Crippen LogP contribution is -2.57. The summed E-state index contributed by atoms with van der Waals surface area (Å²) >= 11 is 0. The van der Waals surface area contributed by atoms with Gasteiger partial charge in [0.05, 0.1) is 0 Å². The van der Waals surface area contributed by atoms with E-state index in [2.05, 4.69) is 12.2 Å². The second kappa shape index (κ2) is 5.04. The molecule has 2 saturated heterocycles. The molecule has 1 N–H and O–H groups in total. The third-order valence-corrected chi connectivity index (χ3v) is 3.73. The number of nitrogens with zero attached hydrogens (tertiary/aromatic N) is 2. The van der Waals surface area contributed by atoms with Crippen LogP contribution in [0, 0.1) is 0 Å². The number of likely N-dealkylation sites (tertiary alicyclic amines) is 1. The molecule has 2 amide bonds. The number of amides is 2. The van der Waals surface area contributed by atoms with Gasteiger partial charge in [-0.1, -0.05) is 0 Å². The first-order chi connectivity index (χ1) is 8.11. The van der Waals surface area contributed by atoms with Gasteiger partial charge in [0.2, 0.25) is 11.8 Å². The second-order valence-electron chi connectivity index (χ2n) is 4.96. The molecule has 0 aromatic rings. The van der Waals surface area contributed by atoms with Crippen molar-refractivity contribution in [1.29, 1.82) is 0 Å². The van der Waals surface area contributed by atoms with E-state index in [9.17, 15) is 9.59 Å². The van der Waals surface area contributed by atoms with E-state index in [1.165, 1.54) is 0 Å².